The van der Waals surface area contributed by atoms with Gasteiger partial charge in [0.2, 0.25) is 0 Å². The summed E-state index contributed by atoms with van der Waals surface area (Å²) in [7, 11) is 0. The second kappa shape index (κ2) is 6.90. The van der Waals surface area contributed by atoms with E-state index < -0.39 is 0 Å². The fraction of sp³-hybridized carbons (Fsp3) is 0.474. The summed E-state index contributed by atoms with van der Waals surface area (Å²) in [6.07, 6.45) is 0. The number of rotatable bonds is 6. The lowest BCUT2D eigenvalue weighted by Crippen LogP contribution is -2.29. The summed E-state index contributed by atoms with van der Waals surface area (Å²) in [5.41, 5.74) is 1.40. The van der Waals surface area contributed by atoms with Gasteiger partial charge in [0.15, 0.2) is 0 Å². The molecular formula is C19H27N. The first-order valence-corrected chi connectivity index (χ1v) is 7.77. The van der Waals surface area contributed by atoms with Crippen LogP contribution in [0.3, 0.4) is 0 Å². The summed E-state index contributed by atoms with van der Waals surface area (Å²) in [5, 5.41) is 6.35. The van der Waals surface area contributed by atoms with Crippen molar-refractivity contribution in [3.05, 3.63) is 48.0 Å². The lowest BCUT2D eigenvalue weighted by Gasteiger charge is -2.25. The van der Waals surface area contributed by atoms with Crippen LogP contribution < -0.4 is 5.32 Å². The van der Waals surface area contributed by atoms with Crippen LogP contribution in [0.1, 0.15) is 33.3 Å². The lowest BCUT2D eigenvalue weighted by molar-refractivity contribution is 0.275. The number of fused-ring (bicyclic) bond motifs is 1. The van der Waals surface area contributed by atoms with E-state index in [-0.39, 0.29) is 0 Å². The molecule has 0 aliphatic rings. The van der Waals surface area contributed by atoms with Crippen molar-refractivity contribution in [3.63, 3.8) is 0 Å². The SMILES string of the molecule is CC(C)C(CNCc1cccc2ccccc12)C(C)C. The van der Waals surface area contributed by atoms with Crippen LogP contribution in [0.15, 0.2) is 42.5 Å². The molecular weight excluding hydrogens is 242 g/mol. The molecule has 1 N–H and O–H groups in total. The van der Waals surface area contributed by atoms with Gasteiger partial charge in [-0.2, -0.15) is 0 Å². The lowest BCUT2D eigenvalue weighted by atomic mass is 9.85. The Labute approximate surface area is 123 Å². The predicted octanol–water partition coefficient (Wildman–Crippen LogP) is 4.86. The summed E-state index contributed by atoms with van der Waals surface area (Å²) in [5.74, 6) is 2.20. The molecule has 0 aliphatic carbocycles. The molecule has 0 atom stereocenters. The van der Waals surface area contributed by atoms with Gasteiger partial charge >= 0.3 is 0 Å². The number of nitrogens with one attached hydrogen (secondary N) is 1. The summed E-state index contributed by atoms with van der Waals surface area (Å²) < 4.78 is 0. The van der Waals surface area contributed by atoms with E-state index in [1.807, 2.05) is 0 Å². The van der Waals surface area contributed by atoms with E-state index in [0.717, 1.165) is 30.8 Å². The highest BCUT2D eigenvalue weighted by Gasteiger charge is 2.16. The fourth-order valence-electron chi connectivity index (χ4n) is 3.06. The molecule has 1 nitrogen and oxygen atoms in total. The summed E-state index contributed by atoms with van der Waals surface area (Å²) in [6, 6.07) is 15.2. The quantitative estimate of drug-likeness (QED) is 0.790. The fourth-order valence-corrected chi connectivity index (χ4v) is 3.06. The van der Waals surface area contributed by atoms with Gasteiger partial charge in [-0.3, -0.25) is 0 Å². The Balaban J connectivity index is 2.03. The number of hydrogen-bond donors (Lipinski definition) is 1. The van der Waals surface area contributed by atoms with Crippen molar-refractivity contribution >= 4 is 10.8 Å². The van der Waals surface area contributed by atoms with Crippen LogP contribution in [0, 0.1) is 17.8 Å². The van der Waals surface area contributed by atoms with Gasteiger partial charge in [-0.25, -0.2) is 0 Å². The van der Waals surface area contributed by atoms with Crippen molar-refractivity contribution in [2.24, 2.45) is 17.8 Å². The molecule has 0 aliphatic heterocycles. The van der Waals surface area contributed by atoms with Gasteiger partial charge in [-0.15, -0.1) is 0 Å². The molecule has 0 fully saturated rings. The molecule has 1 heteroatoms. The van der Waals surface area contributed by atoms with Crippen molar-refractivity contribution in [2.75, 3.05) is 6.54 Å². The third kappa shape index (κ3) is 3.61. The molecule has 0 radical (unpaired) electrons. The van der Waals surface area contributed by atoms with Crippen LogP contribution in [0.2, 0.25) is 0 Å². The first kappa shape index (κ1) is 15.1. The molecule has 2 aromatic rings. The van der Waals surface area contributed by atoms with E-state index in [1.165, 1.54) is 16.3 Å². The summed E-state index contributed by atoms with van der Waals surface area (Å²) in [6.45, 7) is 11.3. The van der Waals surface area contributed by atoms with Crippen LogP contribution in [0.5, 0.6) is 0 Å². The van der Waals surface area contributed by atoms with Gasteiger partial charge in [0.25, 0.3) is 0 Å². The minimum Gasteiger partial charge on any atom is -0.312 e. The first-order chi connectivity index (χ1) is 9.59. The molecule has 0 saturated heterocycles. The summed E-state index contributed by atoms with van der Waals surface area (Å²) >= 11 is 0. The van der Waals surface area contributed by atoms with E-state index in [4.69, 9.17) is 0 Å². The largest absolute Gasteiger partial charge is 0.312 e. The van der Waals surface area contributed by atoms with Crippen LogP contribution in [-0.4, -0.2) is 6.54 Å². The highest BCUT2D eigenvalue weighted by atomic mass is 14.9. The first-order valence-electron chi connectivity index (χ1n) is 7.77. The zero-order chi connectivity index (χ0) is 14.5. The molecule has 0 spiro atoms. The Morgan fingerprint density at radius 1 is 0.850 bits per heavy atom. The minimum atomic E-state index is 0.731. The van der Waals surface area contributed by atoms with Gasteiger partial charge in [0, 0.05) is 6.54 Å². The Bertz CT molecular complexity index is 529. The third-order valence-electron chi connectivity index (χ3n) is 4.29. The van der Waals surface area contributed by atoms with Gasteiger partial charge in [-0.05, 0) is 40.6 Å². The predicted molar refractivity (Wildman–Crippen MR) is 88.8 cm³/mol. The van der Waals surface area contributed by atoms with Gasteiger partial charge < -0.3 is 5.32 Å². The molecule has 2 rings (SSSR count). The average molecular weight is 269 g/mol. The molecule has 20 heavy (non-hydrogen) atoms. The minimum absolute atomic E-state index is 0.731. The maximum atomic E-state index is 3.66. The second-order valence-corrected chi connectivity index (χ2v) is 6.42. The van der Waals surface area contributed by atoms with Crippen LogP contribution in [-0.2, 0) is 6.54 Å². The van der Waals surface area contributed by atoms with Crippen molar-refractivity contribution < 1.29 is 0 Å². The van der Waals surface area contributed by atoms with E-state index in [2.05, 4.69) is 75.5 Å². The standard InChI is InChI=1S/C19H27N/c1-14(2)19(15(3)4)13-20-12-17-10-7-9-16-8-5-6-11-18(16)17/h5-11,14-15,19-20H,12-13H2,1-4H3. The highest BCUT2D eigenvalue weighted by Crippen LogP contribution is 2.21. The molecule has 0 saturated carbocycles. The molecule has 0 heterocycles. The molecule has 0 aromatic heterocycles. The van der Waals surface area contributed by atoms with Crippen molar-refractivity contribution in [3.8, 4) is 0 Å². The average Bonchev–Trinajstić information content (AvgIpc) is 2.42. The zero-order valence-electron chi connectivity index (χ0n) is 13.2. The van der Waals surface area contributed by atoms with E-state index in [0.29, 0.717) is 0 Å². The molecule has 108 valence electrons. The zero-order valence-corrected chi connectivity index (χ0v) is 13.2. The Morgan fingerprint density at radius 3 is 2.20 bits per heavy atom. The Hall–Kier alpha value is -1.34. The van der Waals surface area contributed by atoms with Crippen LogP contribution in [0.25, 0.3) is 10.8 Å². The maximum Gasteiger partial charge on any atom is 0.0211 e. The topological polar surface area (TPSA) is 12.0 Å². The van der Waals surface area contributed by atoms with Crippen molar-refractivity contribution in [1.82, 2.24) is 5.32 Å². The van der Waals surface area contributed by atoms with Gasteiger partial charge in [0.1, 0.15) is 0 Å². The van der Waals surface area contributed by atoms with Gasteiger partial charge in [0.05, 0.1) is 0 Å². The third-order valence-corrected chi connectivity index (χ3v) is 4.29. The summed E-state index contributed by atoms with van der Waals surface area (Å²) in [4.78, 5) is 0. The number of benzene rings is 2. The van der Waals surface area contributed by atoms with Crippen LogP contribution >= 0.6 is 0 Å². The van der Waals surface area contributed by atoms with E-state index in [9.17, 15) is 0 Å². The van der Waals surface area contributed by atoms with Gasteiger partial charge in [-0.1, -0.05) is 70.2 Å². The van der Waals surface area contributed by atoms with Crippen molar-refractivity contribution in [1.29, 1.82) is 0 Å². The van der Waals surface area contributed by atoms with E-state index in [1.54, 1.807) is 0 Å². The molecule has 0 unspecified atom stereocenters. The monoisotopic (exact) mass is 269 g/mol. The smallest absolute Gasteiger partial charge is 0.0211 e. The molecule has 0 bridgehead atoms. The number of hydrogen-bond acceptors (Lipinski definition) is 1. The highest BCUT2D eigenvalue weighted by molar-refractivity contribution is 5.85. The second-order valence-electron chi connectivity index (χ2n) is 6.42. The molecule has 2 aromatic carbocycles. The maximum absolute atomic E-state index is 3.66. The Morgan fingerprint density at radius 2 is 1.50 bits per heavy atom. The Kier molecular flexibility index (Phi) is 5.19. The van der Waals surface area contributed by atoms with Crippen molar-refractivity contribution in [2.45, 2.75) is 34.2 Å². The van der Waals surface area contributed by atoms with E-state index >= 15 is 0 Å². The molecule has 0 amide bonds. The normalized spacial score (nSPS) is 11.9. The van der Waals surface area contributed by atoms with Crippen LogP contribution in [0.4, 0.5) is 0 Å².